The maximum atomic E-state index is 14.9. The minimum atomic E-state index is -1.27. The van der Waals surface area contributed by atoms with Gasteiger partial charge >= 0.3 is 0 Å². The third kappa shape index (κ3) is 4.59. The molecule has 1 saturated carbocycles. The number of carbonyl (C=O) groups excluding carboxylic acids is 4. The predicted molar refractivity (Wildman–Crippen MR) is 193 cm³/mol. The van der Waals surface area contributed by atoms with Crippen LogP contribution in [-0.4, -0.2) is 43.4 Å². The van der Waals surface area contributed by atoms with Gasteiger partial charge in [-0.25, -0.2) is 4.90 Å². The molecule has 5 aromatic rings. The quantitative estimate of drug-likeness (QED) is 0.149. The largest absolute Gasteiger partial charge is 0.463 e. The number of aliphatic hydroxyl groups is 1. The van der Waals surface area contributed by atoms with Crippen molar-refractivity contribution in [2.24, 2.45) is 36.1 Å². The number of aryl methyl sites for hydroxylation is 2. The van der Waals surface area contributed by atoms with Crippen molar-refractivity contribution in [3.63, 3.8) is 0 Å². The van der Waals surface area contributed by atoms with E-state index in [1.54, 1.807) is 41.3 Å². The van der Waals surface area contributed by atoms with Crippen LogP contribution < -0.4 is 4.90 Å². The van der Waals surface area contributed by atoms with Crippen LogP contribution in [0.5, 0.6) is 0 Å². The van der Waals surface area contributed by atoms with Crippen LogP contribution in [0.2, 0.25) is 5.02 Å². The number of likely N-dealkylation sites (tertiary alicyclic amines) is 1. The number of amides is 4. The van der Waals surface area contributed by atoms with Crippen LogP contribution in [-0.2, 0) is 39.4 Å². The molecule has 51 heavy (non-hydrogen) atoms. The molecule has 4 aliphatic rings. The minimum Gasteiger partial charge on any atom is -0.463 e. The molecule has 1 aromatic carbocycles. The van der Waals surface area contributed by atoms with Gasteiger partial charge < -0.3 is 9.52 Å². The Bertz CT molecular complexity index is 2340. The average Bonchev–Trinajstić information content (AvgIpc) is 3.97. The van der Waals surface area contributed by atoms with Gasteiger partial charge in [0, 0.05) is 27.7 Å². The van der Waals surface area contributed by atoms with Gasteiger partial charge in [0.2, 0.25) is 23.6 Å². The summed E-state index contributed by atoms with van der Waals surface area (Å²) >= 11 is 9.37. The summed E-state index contributed by atoms with van der Waals surface area (Å²) < 4.78 is 8.77. The van der Waals surface area contributed by atoms with Gasteiger partial charge in [0.05, 0.1) is 40.5 Å². The van der Waals surface area contributed by atoms with Gasteiger partial charge in [-0.1, -0.05) is 29.3 Å². The molecule has 10 nitrogen and oxygen atoms in total. The molecule has 9 rings (SSSR count). The van der Waals surface area contributed by atoms with E-state index in [1.165, 1.54) is 21.1 Å². The molecule has 2 aliphatic carbocycles. The van der Waals surface area contributed by atoms with Crippen LogP contribution in [0.1, 0.15) is 47.6 Å². The van der Waals surface area contributed by atoms with Gasteiger partial charge in [-0.15, -0.1) is 22.7 Å². The number of halogens is 1. The van der Waals surface area contributed by atoms with E-state index in [0.717, 1.165) is 31.0 Å². The highest BCUT2D eigenvalue weighted by Crippen LogP contribution is 2.64. The number of carbonyl (C=O) groups is 4. The number of aliphatic hydroxyl groups excluding tert-OH is 1. The number of rotatable bonds is 6. The van der Waals surface area contributed by atoms with Gasteiger partial charge in [-0.05, 0) is 85.3 Å². The van der Waals surface area contributed by atoms with Crippen LogP contribution in [0.3, 0.4) is 0 Å². The fourth-order valence-electron chi connectivity index (χ4n) is 9.16. The number of nitrogens with zero attached hydrogens (tertiary/aromatic N) is 4. The zero-order chi connectivity index (χ0) is 35.5. The Morgan fingerprint density at radius 3 is 2.63 bits per heavy atom. The SMILES string of the molecule is Cc1c(-c2cc(N3C(=O)[C@@H]4C[C@@H]5C(=CC[C@@H]6C(=O)N(Cc7cccs7)C(=O)[C@@H]65)[C@H](c5ccc(CO)o5)[C@]4(C)C3=O)n(C)n2)sc2ccc(Cl)cc12. The number of thiophene rings is 2. The summed E-state index contributed by atoms with van der Waals surface area (Å²) in [6, 6.07) is 14.8. The number of anilines is 1. The number of allylic oxidation sites excluding steroid dienone is 2. The van der Waals surface area contributed by atoms with Crippen LogP contribution in [0.25, 0.3) is 20.7 Å². The molecule has 1 N–H and O–H groups in total. The van der Waals surface area contributed by atoms with Crippen LogP contribution >= 0.6 is 34.3 Å². The molecule has 0 unspecified atom stereocenters. The summed E-state index contributed by atoms with van der Waals surface area (Å²) in [6.45, 7) is 3.71. The van der Waals surface area contributed by atoms with Gasteiger partial charge in [0.25, 0.3) is 0 Å². The molecule has 6 atom stereocenters. The van der Waals surface area contributed by atoms with Gasteiger partial charge in [0.1, 0.15) is 29.6 Å². The Labute approximate surface area is 305 Å². The second-order valence-corrected chi connectivity index (χ2v) is 16.7. The molecular weight excluding hydrogens is 708 g/mol. The number of benzene rings is 1. The summed E-state index contributed by atoms with van der Waals surface area (Å²) in [4.78, 5) is 62.0. The topological polar surface area (TPSA) is 126 Å². The Morgan fingerprint density at radius 2 is 1.88 bits per heavy atom. The predicted octanol–water partition coefficient (Wildman–Crippen LogP) is 6.84. The second-order valence-electron chi connectivity index (χ2n) is 14.2. The van der Waals surface area contributed by atoms with Crippen molar-refractivity contribution < 1.29 is 28.7 Å². The van der Waals surface area contributed by atoms with Crippen LogP contribution in [0.15, 0.2) is 70.0 Å². The first-order valence-corrected chi connectivity index (χ1v) is 19.0. The smallest absolute Gasteiger partial charge is 0.242 e. The standard InChI is InChI=1S/C38H33ClN4O6S2/c1-18-24-13-19(39)6-11-29(24)51-33(18)27-15-30(41(3)40-27)43-35(46)26-14-25-22(32(38(26,2)37(43)48)28-10-7-20(17-44)49-28)8-9-23-31(25)36(47)42(34(23)45)16-21-5-4-12-50-21/h4-8,10-13,15,23,25-26,31-32,44H,9,14,16-17H2,1-3H3/t23-,25+,26-,31-,32+,38+/m0/s1. The molecular formula is C38H33ClN4O6S2. The van der Waals surface area contributed by atoms with Crippen molar-refractivity contribution in [2.45, 2.75) is 45.8 Å². The summed E-state index contributed by atoms with van der Waals surface area (Å²) in [7, 11) is 1.72. The highest BCUT2D eigenvalue weighted by Gasteiger charge is 2.68. The first-order valence-electron chi connectivity index (χ1n) is 16.9. The maximum Gasteiger partial charge on any atom is 0.242 e. The maximum absolute atomic E-state index is 14.9. The Morgan fingerprint density at radius 1 is 1.06 bits per heavy atom. The first-order chi connectivity index (χ1) is 24.5. The molecule has 4 amide bonds. The van der Waals surface area contributed by atoms with Crippen molar-refractivity contribution in [2.75, 3.05) is 4.90 Å². The lowest BCUT2D eigenvalue weighted by Gasteiger charge is -2.48. The molecule has 4 aromatic heterocycles. The Kier molecular flexibility index (Phi) is 7.39. The van der Waals surface area contributed by atoms with E-state index < -0.39 is 35.0 Å². The number of hydrogen-bond donors (Lipinski definition) is 1. The second kappa shape index (κ2) is 11.6. The lowest BCUT2D eigenvalue weighted by Crippen LogP contribution is -2.48. The van der Waals surface area contributed by atoms with Crippen molar-refractivity contribution in [1.82, 2.24) is 14.7 Å². The number of furan rings is 1. The molecule has 0 radical (unpaired) electrons. The van der Waals surface area contributed by atoms with Crippen molar-refractivity contribution in [3.8, 4) is 10.6 Å². The van der Waals surface area contributed by atoms with Gasteiger partial charge in [-0.3, -0.25) is 28.8 Å². The fraction of sp³-hybridized carbons (Fsp3) is 0.342. The van der Waals surface area contributed by atoms with Crippen molar-refractivity contribution in [1.29, 1.82) is 0 Å². The highest BCUT2D eigenvalue weighted by molar-refractivity contribution is 7.22. The molecule has 2 saturated heterocycles. The molecule has 0 bridgehead atoms. The van der Waals surface area contributed by atoms with E-state index in [4.69, 9.17) is 21.1 Å². The highest BCUT2D eigenvalue weighted by atomic mass is 35.5. The molecule has 6 heterocycles. The summed E-state index contributed by atoms with van der Waals surface area (Å²) in [6.07, 6.45) is 2.59. The van der Waals surface area contributed by atoms with E-state index in [9.17, 15) is 24.3 Å². The zero-order valence-electron chi connectivity index (χ0n) is 28.0. The summed E-state index contributed by atoms with van der Waals surface area (Å²) in [5, 5.41) is 18.3. The summed E-state index contributed by atoms with van der Waals surface area (Å²) in [5.41, 5.74) is 1.21. The van der Waals surface area contributed by atoms with E-state index in [-0.39, 0.29) is 43.2 Å². The summed E-state index contributed by atoms with van der Waals surface area (Å²) in [5.74, 6) is -3.20. The molecule has 0 spiro atoms. The number of hydrogen-bond acceptors (Lipinski definition) is 9. The normalized spacial score (nSPS) is 27.4. The number of fused-ring (bicyclic) bond motifs is 5. The molecule has 13 heteroatoms. The Balaban J connectivity index is 1.13. The fourth-order valence-corrected chi connectivity index (χ4v) is 11.2. The number of aromatic nitrogens is 2. The monoisotopic (exact) mass is 740 g/mol. The van der Waals surface area contributed by atoms with Crippen LogP contribution in [0, 0.1) is 36.0 Å². The van der Waals surface area contributed by atoms with Crippen LogP contribution in [0.4, 0.5) is 5.82 Å². The minimum absolute atomic E-state index is 0.198. The lowest BCUT2D eigenvalue weighted by atomic mass is 9.52. The van der Waals surface area contributed by atoms with E-state index in [0.29, 0.717) is 34.5 Å². The molecule has 2 aliphatic heterocycles. The molecule has 3 fully saturated rings. The van der Waals surface area contributed by atoms with Crippen molar-refractivity contribution in [3.05, 3.63) is 92.5 Å². The van der Waals surface area contributed by atoms with E-state index in [1.807, 2.05) is 55.6 Å². The third-order valence-corrected chi connectivity index (χ3v) is 14.0. The first kappa shape index (κ1) is 32.5. The van der Waals surface area contributed by atoms with Gasteiger partial charge in [-0.2, -0.15) is 5.10 Å². The van der Waals surface area contributed by atoms with Crippen molar-refractivity contribution >= 4 is 73.8 Å². The van der Waals surface area contributed by atoms with E-state index >= 15 is 0 Å². The lowest BCUT2D eigenvalue weighted by molar-refractivity contribution is -0.141. The third-order valence-electron chi connectivity index (χ3n) is 11.6. The van der Waals surface area contributed by atoms with E-state index in [2.05, 4.69) is 0 Å². The molecule has 260 valence electrons. The Hall–Kier alpha value is -4.36. The average molecular weight is 741 g/mol. The zero-order valence-corrected chi connectivity index (χ0v) is 30.3. The van der Waals surface area contributed by atoms with Gasteiger partial charge in [0.15, 0.2) is 0 Å². The number of imide groups is 2.